The molecule has 0 fully saturated rings. The summed E-state index contributed by atoms with van der Waals surface area (Å²) in [5, 5.41) is 0. The minimum absolute atomic E-state index is 0.890. The van der Waals surface area contributed by atoms with Gasteiger partial charge in [0, 0.05) is 29.3 Å². The molecule has 0 saturated carbocycles. The van der Waals surface area contributed by atoms with Crippen LogP contribution in [-0.4, -0.2) is 20.2 Å². The van der Waals surface area contributed by atoms with Gasteiger partial charge in [0.25, 0.3) is 0 Å². The fourth-order valence-electron chi connectivity index (χ4n) is 1.44. The van der Waals surface area contributed by atoms with E-state index in [1.165, 1.54) is 5.69 Å². The summed E-state index contributed by atoms with van der Waals surface area (Å²) in [6.07, 6.45) is 0. The normalized spacial score (nSPS) is 10.0. The molecule has 0 aliphatic heterocycles. The van der Waals surface area contributed by atoms with E-state index in [0.717, 1.165) is 23.3 Å². The highest BCUT2D eigenvalue weighted by Gasteiger charge is 2.04. The van der Waals surface area contributed by atoms with Gasteiger partial charge >= 0.3 is 0 Å². The molecule has 0 aliphatic rings. The van der Waals surface area contributed by atoms with Gasteiger partial charge in [0.2, 0.25) is 0 Å². The van der Waals surface area contributed by atoms with E-state index in [-0.39, 0.29) is 0 Å². The first-order valence-electron chi connectivity index (χ1n) is 4.80. The number of anilines is 1. The van der Waals surface area contributed by atoms with Crippen molar-refractivity contribution >= 4 is 21.6 Å². The quantitative estimate of drug-likeness (QED) is 0.821. The molecule has 1 aromatic rings. The molecule has 2 nitrogen and oxygen atoms in total. The molecule has 0 saturated heterocycles. The average molecular weight is 258 g/mol. The Hall–Kier alpha value is -0.700. The highest BCUT2D eigenvalue weighted by Crippen LogP contribution is 2.26. The van der Waals surface area contributed by atoms with Crippen LogP contribution in [0.5, 0.6) is 5.75 Å². The van der Waals surface area contributed by atoms with E-state index in [1.807, 2.05) is 6.07 Å². The third-order valence-corrected chi connectivity index (χ3v) is 2.68. The molecule has 78 valence electrons. The van der Waals surface area contributed by atoms with E-state index >= 15 is 0 Å². The molecule has 0 unspecified atom stereocenters. The molecule has 0 N–H and O–H groups in total. The van der Waals surface area contributed by atoms with Crippen molar-refractivity contribution in [3.8, 4) is 5.75 Å². The number of hydrogen-bond acceptors (Lipinski definition) is 2. The molecular formula is C11H16BrNO. The lowest BCUT2D eigenvalue weighted by Crippen LogP contribution is -2.21. The van der Waals surface area contributed by atoms with Crippen molar-refractivity contribution in [3.05, 3.63) is 22.7 Å². The van der Waals surface area contributed by atoms with Crippen LogP contribution in [0.3, 0.4) is 0 Å². The summed E-state index contributed by atoms with van der Waals surface area (Å²) in [6, 6.07) is 6.13. The van der Waals surface area contributed by atoms with Crippen LogP contribution < -0.4 is 9.64 Å². The van der Waals surface area contributed by atoms with Crippen LogP contribution >= 0.6 is 15.9 Å². The maximum Gasteiger partial charge on any atom is 0.122 e. The Bertz CT molecular complexity index is 297. The Labute approximate surface area is 94.0 Å². The number of rotatable bonds is 4. The molecular weight excluding hydrogens is 242 g/mol. The zero-order valence-corrected chi connectivity index (χ0v) is 10.5. The van der Waals surface area contributed by atoms with Crippen LogP contribution in [0.4, 0.5) is 5.69 Å². The Morgan fingerprint density at radius 3 is 2.36 bits per heavy atom. The van der Waals surface area contributed by atoms with Crippen LogP contribution in [0.25, 0.3) is 0 Å². The molecule has 0 aromatic heterocycles. The zero-order valence-electron chi connectivity index (χ0n) is 8.88. The summed E-state index contributed by atoms with van der Waals surface area (Å²) in [6.45, 7) is 6.32. The Morgan fingerprint density at radius 2 is 1.86 bits per heavy atom. The van der Waals surface area contributed by atoms with Gasteiger partial charge < -0.3 is 9.64 Å². The molecule has 0 atom stereocenters. The topological polar surface area (TPSA) is 12.5 Å². The van der Waals surface area contributed by atoms with E-state index in [4.69, 9.17) is 4.74 Å². The highest BCUT2D eigenvalue weighted by molar-refractivity contribution is 9.10. The second kappa shape index (κ2) is 5.25. The maximum atomic E-state index is 5.22. The molecule has 1 rings (SSSR count). The lowest BCUT2D eigenvalue weighted by Gasteiger charge is -2.21. The van der Waals surface area contributed by atoms with E-state index in [1.54, 1.807) is 7.11 Å². The highest BCUT2D eigenvalue weighted by atomic mass is 79.9. The maximum absolute atomic E-state index is 5.22. The van der Waals surface area contributed by atoms with Gasteiger partial charge in [-0.1, -0.05) is 15.9 Å². The summed E-state index contributed by atoms with van der Waals surface area (Å²) in [4.78, 5) is 2.28. The third kappa shape index (κ3) is 2.64. The van der Waals surface area contributed by atoms with Gasteiger partial charge in [0.05, 0.1) is 7.11 Å². The van der Waals surface area contributed by atoms with Gasteiger partial charge in [0.15, 0.2) is 0 Å². The standard InChI is InChI=1S/C11H16BrNO/c1-4-13(5-2)10-6-9(12)7-11(8-10)14-3/h6-8H,4-5H2,1-3H3. The van der Waals surface area contributed by atoms with Crippen molar-refractivity contribution in [3.63, 3.8) is 0 Å². The minimum Gasteiger partial charge on any atom is -0.497 e. The van der Waals surface area contributed by atoms with Crippen LogP contribution in [0.15, 0.2) is 22.7 Å². The minimum atomic E-state index is 0.890. The van der Waals surface area contributed by atoms with Crippen molar-refractivity contribution in [2.24, 2.45) is 0 Å². The average Bonchev–Trinajstić information content (AvgIpc) is 2.19. The summed E-state index contributed by atoms with van der Waals surface area (Å²) in [5.74, 6) is 0.890. The fourth-order valence-corrected chi connectivity index (χ4v) is 1.90. The number of halogens is 1. The van der Waals surface area contributed by atoms with Crippen molar-refractivity contribution in [1.29, 1.82) is 0 Å². The van der Waals surface area contributed by atoms with Crippen LogP contribution in [0, 0.1) is 0 Å². The van der Waals surface area contributed by atoms with E-state index < -0.39 is 0 Å². The molecule has 0 bridgehead atoms. The molecule has 1 aromatic carbocycles. The SMILES string of the molecule is CCN(CC)c1cc(Br)cc(OC)c1. The molecule has 14 heavy (non-hydrogen) atoms. The predicted molar refractivity (Wildman–Crippen MR) is 64.3 cm³/mol. The lowest BCUT2D eigenvalue weighted by molar-refractivity contribution is 0.414. The second-order valence-electron chi connectivity index (χ2n) is 3.02. The Balaban J connectivity index is 3.01. The van der Waals surface area contributed by atoms with Crippen molar-refractivity contribution < 1.29 is 4.74 Å². The number of nitrogens with zero attached hydrogens (tertiary/aromatic N) is 1. The summed E-state index contributed by atoms with van der Waals surface area (Å²) < 4.78 is 6.27. The van der Waals surface area contributed by atoms with Crippen molar-refractivity contribution in [2.75, 3.05) is 25.1 Å². The van der Waals surface area contributed by atoms with E-state index in [2.05, 4.69) is 46.8 Å². The van der Waals surface area contributed by atoms with Gasteiger partial charge in [-0.3, -0.25) is 0 Å². The monoisotopic (exact) mass is 257 g/mol. The van der Waals surface area contributed by atoms with Crippen molar-refractivity contribution in [1.82, 2.24) is 0 Å². The van der Waals surface area contributed by atoms with Gasteiger partial charge in [0.1, 0.15) is 5.75 Å². The number of hydrogen-bond donors (Lipinski definition) is 0. The zero-order chi connectivity index (χ0) is 10.6. The van der Waals surface area contributed by atoms with E-state index in [9.17, 15) is 0 Å². The summed E-state index contributed by atoms with van der Waals surface area (Å²) in [5.41, 5.74) is 1.20. The molecule has 0 amide bonds. The Morgan fingerprint density at radius 1 is 1.21 bits per heavy atom. The summed E-state index contributed by atoms with van der Waals surface area (Å²) >= 11 is 3.47. The molecule has 0 aliphatic carbocycles. The number of methoxy groups -OCH3 is 1. The predicted octanol–water partition coefficient (Wildman–Crippen LogP) is 3.30. The first kappa shape index (κ1) is 11.4. The number of ether oxygens (including phenoxy) is 1. The van der Waals surface area contributed by atoms with Crippen LogP contribution in [0.2, 0.25) is 0 Å². The second-order valence-corrected chi connectivity index (χ2v) is 3.94. The molecule has 0 radical (unpaired) electrons. The Kier molecular flexibility index (Phi) is 4.26. The fraction of sp³-hybridized carbons (Fsp3) is 0.455. The molecule has 3 heteroatoms. The smallest absolute Gasteiger partial charge is 0.122 e. The van der Waals surface area contributed by atoms with Gasteiger partial charge in [-0.2, -0.15) is 0 Å². The summed E-state index contributed by atoms with van der Waals surface area (Å²) in [7, 11) is 1.69. The molecule has 0 spiro atoms. The number of benzene rings is 1. The van der Waals surface area contributed by atoms with Gasteiger partial charge in [-0.05, 0) is 26.0 Å². The third-order valence-electron chi connectivity index (χ3n) is 2.22. The molecule has 0 heterocycles. The van der Waals surface area contributed by atoms with Gasteiger partial charge in [-0.25, -0.2) is 0 Å². The first-order valence-corrected chi connectivity index (χ1v) is 5.60. The van der Waals surface area contributed by atoms with Crippen molar-refractivity contribution in [2.45, 2.75) is 13.8 Å². The van der Waals surface area contributed by atoms with Crippen LogP contribution in [-0.2, 0) is 0 Å². The van der Waals surface area contributed by atoms with Gasteiger partial charge in [-0.15, -0.1) is 0 Å². The first-order chi connectivity index (χ1) is 6.71. The van der Waals surface area contributed by atoms with Crippen LogP contribution in [0.1, 0.15) is 13.8 Å². The largest absolute Gasteiger partial charge is 0.497 e. The van der Waals surface area contributed by atoms with E-state index in [0.29, 0.717) is 0 Å². The lowest BCUT2D eigenvalue weighted by atomic mass is 10.2.